The van der Waals surface area contributed by atoms with Crippen LogP contribution in [0.25, 0.3) is 0 Å². The van der Waals surface area contributed by atoms with Gasteiger partial charge in [0, 0.05) is 12.6 Å². The van der Waals surface area contributed by atoms with E-state index >= 15 is 0 Å². The van der Waals surface area contributed by atoms with Gasteiger partial charge < -0.3 is 10.6 Å². The van der Waals surface area contributed by atoms with E-state index in [1.807, 2.05) is 0 Å². The summed E-state index contributed by atoms with van der Waals surface area (Å²) in [6.45, 7) is 6.32. The van der Waals surface area contributed by atoms with Crippen molar-refractivity contribution in [2.24, 2.45) is 5.73 Å². The van der Waals surface area contributed by atoms with E-state index in [1.54, 1.807) is 0 Å². The Morgan fingerprint density at radius 2 is 1.92 bits per heavy atom. The summed E-state index contributed by atoms with van der Waals surface area (Å²) >= 11 is 0. The fourth-order valence-electron chi connectivity index (χ4n) is 1.41. The van der Waals surface area contributed by atoms with Crippen LogP contribution in [0.4, 0.5) is 0 Å². The van der Waals surface area contributed by atoms with Gasteiger partial charge in [-0.3, -0.25) is 0 Å². The molecule has 0 aromatic rings. The maximum absolute atomic E-state index is 5.69. The minimum absolute atomic E-state index is 0.599. The Labute approximate surface area is 77.1 Å². The van der Waals surface area contributed by atoms with E-state index in [-0.39, 0.29) is 0 Å². The lowest BCUT2D eigenvalue weighted by Crippen LogP contribution is -2.37. The largest absolute Gasteiger partial charge is 0.329 e. The summed E-state index contributed by atoms with van der Waals surface area (Å²) < 4.78 is 0. The third-order valence-electron chi connectivity index (χ3n) is 2.54. The van der Waals surface area contributed by atoms with Crippen LogP contribution in [0.3, 0.4) is 0 Å². The van der Waals surface area contributed by atoms with Crippen LogP contribution in [0.1, 0.15) is 39.5 Å². The lowest BCUT2D eigenvalue weighted by atomic mass is 10.1. The topological polar surface area (TPSA) is 29.3 Å². The number of rotatable bonds is 7. The Kier molecular flexibility index (Phi) is 7.51. The molecule has 0 bridgehead atoms. The lowest BCUT2D eigenvalue weighted by Gasteiger charge is -2.25. The summed E-state index contributed by atoms with van der Waals surface area (Å²) in [4.78, 5) is 2.34. The molecule has 1 atom stereocenters. The van der Waals surface area contributed by atoms with Crippen LogP contribution in [0.2, 0.25) is 0 Å². The van der Waals surface area contributed by atoms with Crippen molar-refractivity contribution in [1.29, 1.82) is 0 Å². The lowest BCUT2D eigenvalue weighted by molar-refractivity contribution is 0.242. The third kappa shape index (κ3) is 4.73. The quantitative estimate of drug-likeness (QED) is 0.594. The van der Waals surface area contributed by atoms with Crippen LogP contribution in [0.5, 0.6) is 0 Å². The maximum atomic E-state index is 5.69. The second kappa shape index (κ2) is 7.56. The summed E-state index contributed by atoms with van der Waals surface area (Å²) in [7, 11) is 2.16. The molecule has 2 heteroatoms. The molecular formula is C10H24N2. The zero-order valence-corrected chi connectivity index (χ0v) is 8.84. The van der Waals surface area contributed by atoms with Crippen LogP contribution in [0.15, 0.2) is 0 Å². The van der Waals surface area contributed by atoms with Crippen molar-refractivity contribution in [3.8, 4) is 0 Å². The molecule has 0 saturated heterocycles. The van der Waals surface area contributed by atoms with Crippen LogP contribution < -0.4 is 5.73 Å². The summed E-state index contributed by atoms with van der Waals surface area (Å²) in [6, 6.07) is 0.599. The molecule has 0 aromatic carbocycles. The van der Waals surface area contributed by atoms with Crippen molar-refractivity contribution >= 4 is 0 Å². The molecule has 0 heterocycles. The molecule has 0 rings (SSSR count). The van der Waals surface area contributed by atoms with Crippen molar-refractivity contribution in [3.05, 3.63) is 0 Å². The highest BCUT2D eigenvalue weighted by atomic mass is 15.1. The molecule has 1 unspecified atom stereocenters. The molecule has 0 aliphatic carbocycles. The zero-order valence-electron chi connectivity index (χ0n) is 8.84. The Bertz CT molecular complexity index is 93.8. The number of unbranched alkanes of at least 4 members (excludes halogenated alkanes) is 2. The summed E-state index contributed by atoms with van der Waals surface area (Å²) in [6.07, 6.45) is 5.22. The fourth-order valence-corrected chi connectivity index (χ4v) is 1.41. The average molecular weight is 172 g/mol. The molecule has 0 radical (unpaired) electrons. The van der Waals surface area contributed by atoms with Crippen molar-refractivity contribution in [2.75, 3.05) is 20.1 Å². The molecule has 2 nitrogen and oxygen atoms in total. The molecule has 12 heavy (non-hydrogen) atoms. The minimum Gasteiger partial charge on any atom is -0.329 e. The normalized spacial score (nSPS) is 13.8. The van der Waals surface area contributed by atoms with Gasteiger partial charge in [0.2, 0.25) is 0 Å². The van der Waals surface area contributed by atoms with E-state index in [0.29, 0.717) is 6.04 Å². The molecule has 0 aliphatic rings. The first-order chi connectivity index (χ1) is 5.76. The standard InChI is InChI=1S/C10H24N2/c1-4-6-7-8-10(9-11)12(3)5-2/h10H,4-9,11H2,1-3H3. The van der Waals surface area contributed by atoms with Crippen LogP contribution in [-0.4, -0.2) is 31.1 Å². The Balaban J connectivity index is 3.52. The van der Waals surface area contributed by atoms with Gasteiger partial charge in [0.1, 0.15) is 0 Å². The van der Waals surface area contributed by atoms with Crippen LogP contribution >= 0.6 is 0 Å². The van der Waals surface area contributed by atoms with Crippen molar-refractivity contribution in [3.63, 3.8) is 0 Å². The number of hydrogen-bond donors (Lipinski definition) is 1. The molecule has 0 aromatic heterocycles. The predicted octanol–water partition coefficient (Wildman–Crippen LogP) is 1.85. The maximum Gasteiger partial charge on any atom is 0.0215 e. The second-order valence-electron chi connectivity index (χ2n) is 3.46. The predicted molar refractivity (Wildman–Crippen MR) is 55.3 cm³/mol. The first kappa shape index (κ1) is 11.9. The van der Waals surface area contributed by atoms with E-state index < -0.39 is 0 Å². The molecule has 0 amide bonds. The second-order valence-corrected chi connectivity index (χ2v) is 3.46. The highest BCUT2D eigenvalue weighted by molar-refractivity contribution is 4.68. The van der Waals surface area contributed by atoms with Gasteiger partial charge in [-0.25, -0.2) is 0 Å². The Hall–Kier alpha value is -0.0800. The average Bonchev–Trinajstić information content (AvgIpc) is 2.11. The van der Waals surface area contributed by atoms with Gasteiger partial charge in [-0.1, -0.05) is 33.1 Å². The Morgan fingerprint density at radius 3 is 2.33 bits per heavy atom. The number of hydrogen-bond acceptors (Lipinski definition) is 2. The molecule has 0 spiro atoms. The third-order valence-corrected chi connectivity index (χ3v) is 2.54. The van der Waals surface area contributed by atoms with E-state index in [0.717, 1.165) is 13.1 Å². The highest BCUT2D eigenvalue weighted by Crippen LogP contribution is 2.07. The van der Waals surface area contributed by atoms with Gasteiger partial charge in [-0.2, -0.15) is 0 Å². The smallest absolute Gasteiger partial charge is 0.0215 e. The minimum atomic E-state index is 0.599. The molecule has 0 aliphatic heterocycles. The summed E-state index contributed by atoms with van der Waals surface area (Å²) in [5, 5.41) is 0. The molecule has 2 N–H and O–H groups in total. The molecule has 0 saturated carbocycles. The van der Waals surface area contributed by atoms with Crippen LogP contribution in [-0.2, 0) is 0 Å². The van der Waals surface area contributed by atoms with Crippen molar-refractivity contribution in [1.82, 2.24) is 4.90 Å². The van der Waals surface area contributed by atoms with Gasteiger partial charge in [0.15, 0.2) is 0 Å². The van der Waals surface area contributed by atoms with Crippen molar-refractivity contribution in [2.45, 2.75) is 45.6 Å². The first-order valence-electron chi connectivity index (χ1n) is 5.16. The zero-order chi connectivity index (χ0) is 9.40. The highest BCUT2D eigenvalue weighted by Gasteiger charge is 2.09. The van der Waals surface area contributed by atoms with Gasteiger partial charge in [-0.05, 0) is 20.0 Å². The Morgan fingerprint density at radius 1 is 1.25 bits per heavy atom. The number of likely N-dealkylation sites (N-methyl/N-ethyl adjacent to an activating group) is 1. The molecule has 0 fully saturated rings. The first-order valence-corrected chi connectivity index (χ1v) is 5.16. The monoisotopic (exact) mass is 172 g/mol. The van der Waals surface area contributed by atoms with E-state index in [9.17, 15) is 0 Å². The molecule has 74 valence electrons. The summed E-state index contributed by atoms with van der Waals surface area (Å²) in [5.41, 5.74) is 5.69. The van der Waals surface area contributed by atoms with Gasteiger partial charge in [0.05, 0.1) is 0 Å². The van der Waals surface area contributed by atoms with E-state index in [1.165, 1.54) is 25.7 Å². The van der Waals surface area contributed by atoms with Gasteiger partial charge in [0.25, 0.3) is 0 Å². The summed E-state index contributed by atoms with van der Waals surface area (Å²) in [5.74, 6) is 0. The van der Waals surface area contributed by atoms with Crippen LogP contribution in [0, 0.1) is 0 Å². The molecular weight excluding hydrogens is 148 g/mol. The number of nitrogens with two attached hydrogens (primary N) is 1. The SMILES string of the molecule is CCCCCC(CN)N(C)CC. The fraction of sp³-hybridized carbons (Fsp3) is 1.00. The number of nitrogens with zero attached hydrogens (tertiary/aromatic N) is 1. The van der Waals surface area contributed by atoms with Gasteiger partial charge in [-0.15, -0.1) is 0 Å². The van der Waals surface area contributed by atoms with Gasteiger partial charge >= 0.3 is 0 Å². The van der Waals surface area contributed by atoms with E-state index in [4.69, 9.17) is 5.73 Å². The van der Waals surface area contributed by atoms with E-state index in [2.05, 4.69) is 25.8 Å². The van der Waals surface area contributed by atoms with Crippen molar-refractivity contribution < 1.29 is 0 Å².